The number of ether oxygens (including phenoxy) is 1. The predicted octanol–water partition coefficient (Wildman–Crippen LogP) is 5.18. The van der Waals surface area contributed by atoms with Crippen LogP contribution in [0.25, 0.3) is 0 Å². The molecule has 0 fully saturated rings. The molecule has 0 spiro atoms. The van der Waals surface area contributed by atoms with Crippen LogP contribution in [0.5, 0.6) is 5.75 Å². The number of hydrogen-bond acceptors (Lipinski definition) is 2. The minimum atomic E-state index is 0.221. The Morgan fingerprint density at radius 2 is 1.67 bits per heavy atom. The summed E-state index contributed by atoms with van der Waals surface area (Å²) in [5.74, 6) is 0.934. The molecule has 112 valence electrons. The molecule has 2 nitrogen and oxygen atoms in total. The minimum absolute atomic E-state index is 0.221. The molecule has 0 saturated carbocycles. The normalized spacial score (nSPS) is 13.8. The van der Waals surface area contributed by atoms with Crippen molar-refractivity contribution in [2.45, 2.75) is 32.9 Å². The maximum absolute atomic E-state index is 5.48. The Morgan fingerprint density at radius 3 is 2.29 bits per heavy atom. The van der Waals surface area contributed by atoms with E-state index in [1.165, 1.54) is 16.7 Å². The standard InChI is InChI=1S/C18H22BrNO/c1-12-5-10-18(21-4)17(11-12)14(3)20-13(2)15-6-8-16(19)9-7-15/h5-11,13-14,20H,1-4H3/t13-,14?/m1/s1. The summed E-state index contributed by atoms with van der Waals surface area (Å²) >= 11 is 3.47. The van der Waals surface area contributed by atoms with E-state index >= 15 is 0 Å². The van der Waals surface area contributed by atoms with E-state index in [2.05, 4.69) is 78.4 Å². The van der Waals surface area contributed by atoms with Crippen LogP contribution in [0.2, 0.25) is 0 Å². The minimum Gasteiger partial charge on any atom is -0.496 e. The highest BCUT2D eigenvalue weighted by Crippen LogP contribution is 2.28. The van der Waals surface area contributed by atoms with Gasteiger partial charge in [-0.1, -0.05) is 45.8 Å². The number of rotatable bonds is 5. The van der Waals surface area contributed by atoms with E-state index in [-0.39, 0.29) is 12.1 Å². The second-order valence-electron chi connectivity index (χ2n) is 5.41. The fraction of sp³-hybridized carbons (Fsp3) is 0.333. The zero-order valence-corrected chi connectivity index (χ0v) is 14.6. The van der Waals surface area contributed by atoms with E-state index in [1.807, 2.05) is 6.07 Å². The van der Waals surface area contributed by atoms with Crippen LogP contribution < -0.4 is 10.1 Å². The lowest BCUT2D eigenvalue weighted by Crippen LogP contribution is -2.23. The third-order valence-electron chi connectivity index (χ3n) is 3.72. The molecule has 3 heteroatoms. The van der Waals surface area contributed by atoms with Gasteiger partial charge in [0.2, 0.25) is 0 Å². The van der Waals surface area contributed by atoms with Gasteiger partial charge in [-0.25, -0.2) is 0 Å². The molecule has 0 heterocycles. The Labute approximate surface area is 135 Å². The van der Waals surface area contributed by atoms with Crippen molar-refractivity contribution in [3.63, 3.8) is 0 Å². The topological polar surface area (TPSA) is 21.3 Å². The number of halogens is 1. The molecule has 2 atom stereocenters. The van der Waals surface area contributed by atoms with Crippen LogP contribution in [0.4, 0.5) is 0 Å². The summed E-state index contributed by atoms with van der Waals surface area (Å²) in [5.41, 5.74) is 3.72. The zero-order valence-electron chi connectivity index (χ0n) is 13.0. The quantitative estimate of drug-likeness (QED) is 0.804. The molecule has 2 aromatic carbocycles. The van der Waals surface area contributed by atoms with Gasteiger partial charge < -0.3 is 10.1 Å². The summed E-state index contributed by atoms with van der Waals surface area (Å²) in [5, 5.41) is 3.64. The molecule has 0 aliphatic carbocycles. The van der Waals surface area contributed by atoms with Crippen molar-refractivity contribution in [3.05, 3.63) is 63.6 Å². The molecular weight excluding hydrogens is 326 g/mol. The molecule has 0 radical (unpaired) electrons. The Bertz CT molecular complexity index is 595. The maximum Gasteiger partial charge on any atom is 0.123 e. The summed E-state index contributed by atoms with van der Waals surface area (Å²) in [7, 11) is 1.72. The lowest BCUT2D eigenvalue weighted by molar-refractivity contribution is 0.396. The van der Waals surface area contributed by atoms with Gasteiger partial charge >= 0.3 is 0 Å². The molecule has 0 aliphatic rings. The number of hydrogen-bond donors (Lipinski definition) is 1. The fourth-order valence-electron chi connectivity index (χ4n) is 2.50. The van der Waals surface area contributed by atoms with Crippen LogP contribution in [0, 0.1) is 6.92 Å². The Kier molecular flexibility index (Phi) is 5.43. The first-order valence-corrected chi connectivity index (χ1v) is 7.96. The smallest absolute Gasteiger partial charge is 0.123 e. The average molecular weight is 348 g/mol. The first-order valence-electron chi connectivity index (χ1n) is 7.17. The lowest BCUT2D eigenvalue weighted by Gasteiger charge is -2.23. The molecule has 0 saturated heterocycles. The summed E-state index contributed by atoms with van der Waals surface area (Å²) in [6.45, 7) is 6.46. The van der Waals surface area contributed by atoms with Crippen LogP contribution in [0.3, 0.4) is 0 Å². The highest BCUT2D eigenvalue weighted by Gasteiger charge is 2.15. The first-order chi connectivity index (χ1) is 10.0. The van der Waals surface area contributed by atoms with E-state index in [1.54, 1.807) is 7.11 Å². The fourth-order valence-corrected chi connectivity index (χ4v) is 2.77. The number of nitrogens with one attached hydrogen (secondary N) is 1. The van der Waals surface area contributed by atoms with Crippen molar-refractivity contribution in [2.24, 2.45) is 0 Å². The van der Waals surface area contributed by atoms with Crippen molar-refractivity contribution >= 4 is 15.9 Å². The van der Waals surface area contributed by atoms with E-state index in [0.29, 0.717) is 0 Å². The third kappa shape index (κ3) is 4.08. The molecule has 1 N–H and O–H groups in total. The first kappa shape index (κ1) is 16.1. The molecule has 0 aromatic heterocycles. The van der Waals surface area contributed by atoms with Crippen LogP contribution in [0.1, 0.15) is 42.6 Å². The summed E-state index contributed by atoms with van der Waals surface area (Å²) in [6.07, 6.45) is 0. The van der Waals surface area contributed by atoms with Gasteiger partial charge in [0.15, 0.2) is 0 Å². The average Bonchev–Trinajstić information content (AvgIpc) is 2.47. The van der Waals surface area contributed by atoms with Crippen molar-refractivity contribution < 1.29 is 4.74 Å². The molecule has 0 amide bonds. The molecule has 0 aliphatic heterocycles. The van der Waals surface area contributed by atoms with Gasteiger partial charge in [-0.2, -0.15) is 0 Å². The van der Waals surface area contributed by atoms with E-state index in [4.69, 9.17) is 4.74 Å². The van der Waals surface area contributed by atoms with E-state index in [9.17, 15) is 0 Å². The van der Waals surface area contributed by atoms with E-state index < -0.39 is 0 Å². The van der Waals surface area contributed by atoms with Gasteiger partial charge in [-0.05, 0) is 44.5 Å². The summed E-state index contributed by atoms with van der Waals surface area (Å²) in [4.78, 5) is 0. The largest absolute Gasteiger partial charge is 0.496 e. The highest BCUT2D eigenvalue weighted by molar-refractivity contribution is 9.10. The van der Waals surface area contributed by atoms with Gasteiger partial charge in [-0.3, -0.25) is 0 Å². The van der Waals surface area contributed by atoms with Gasteiger partial charge in [0.05, 0.1) is 7.11 Å². The molecule has 21 heavy (non-hydrogen) atoms. The second kappa shape index (κ2) is 7.10. The van der Waals surface area contributed by atoms with Gasteiger partial charge in [0, 0.05) is 22.1 Å². The van der Waals surface area contributed by atoms with Gasteiger partial charge in [0.25, 0.3) is 0 Å². The monoisotopic (exact) mass is 347 g/mol. The second-order valence-corrected chi connectivity index (χ2v) is 6.32. The van der Waals surface area contributed by atoms with Crippen LogP contribution in [0.15, 0.2) is 46.9 Å². The number of methoxy groups -OCH3 is 1. The predicted molar refractivity (Wildman–Crippen MR) is 91.8 cm³/mol. The molecular formula is C18H22BrNO. The third-order valence-corrected chi connectivity index (χ3v) is 4.25. The number of benzene rings is 2. The van der Waals surface area contributed by atoms with Crippen molar-refractivity contribution in [2.75, 3.05) is 7.11 Å². The SMILES string of the molecule is COc1ccc(C)cc1C(C)N[C@H](C)c1ccc(Br)cc1. The summed E-state index contributed by atoms with van der Waals surface area (Å²) in [6, 6.07) is 15.2. The Morgan fingerprint density at radius 1 is 1.00 bits per heavy atom. The molecule has 0 bridgehead atoms. The highest BCUT2D eigenvalue weighted by atomic mass is 79.9. The van der Waals surface area contributed by atoms with E-state index in [0.717, 1.165) is 10.2 Å². The Balaban J connectivity index is 2.15. The van der Waals surface area contributed by atoms with Gasteiger partial charge in [0.1, 0.15) is 5.75 Å². The van der Waals surface area contributed by atoms with Crippen molar-refractivity contribution in [3.8, 4) is 5.75 Å². The maximum atomic E-state index is 5.48. The summed E-state index contributed by atoms with van der Waals surface area (Å²) < 4.78 is 6.58. The van der Waals surface area contributed by atoms with Crippen molar-refractivity contribution in [1.29, 1.82) is 0 Å². The van der Waals surface area contributed by atoms with Gasteiger partial charge in [-0.15, -0.1) is 0 Å². The van der Waals surface area contributed by atoms with Crippen LogP contribution in [-0.4, -0.2) is 7.11 Å². The lowest BCUT2D eigenvalue weighted by atomic mass is 10.0. The zero-order chi connectivity index (χ0) is 15.4. The molecule has 1 unspecified atom stereocenters. The molecule has 2 aromatic rings. The van der Waals surface area contributed by atoms with Crippen molar-refractivity contribution in [1.82, 2.24) is 5.32 Å². The molecule has 2 rings (SSSR count). The van der Waals surface area contributed by atoms with Crippen LogP contribution >= 0.6 is 15.9 Å². The Hall–Kier alpha value is -1.32. The number of aryl methyl sites for hydroxylation is 1. The van der Waals surface area contributed by atoms with Crippen LogP contribution in [-0.2, 0) is 0 Å².